The second-order valence-electron chi connectivity index (χ2n) is 5.41. The predicted octanol–water partition coefficient (Wildman–Crippen LogP) is 5.06. The average molecular weight is 561 g/mol. The van der Waals surface area contributed by atoms with Crippen molar-refractivity contribution in [3.63, 3.8) is 0 Å². The highest BCUT2D eigenvalue weighted by Crippen LogP contribution is 2.34. The van der Waals surface area contributed by atoms with Gasteiger partial charge >= 0.3 is 5.97 Å². The van der Waals surface area contributed by atoms with Gasteiger partial charge in [0.1, 0.15) is 5.76 Å². The average Bonchev–Trinajstić information content (AvgIpc) is 3.09. The SMILES string of the molecule is CCOC(=O)c1ccc(N=C2S/C(=C\c3cc(Br)c(I)o3)C(=O)N2C)cc1. The molecule has 0 atom stereocenters. The molecule has 0 bridgehead atoms. The third-order valence-corrected chi connectivity index (χ3v) is 6.74. The molecule has 0 N–H and O–H groups in total. The fourth-order valence-electron chi connectivity index (χ4n) is 2.21. The van der Waals surface area contributed by atoms with Gasteiger partial charge in [0.25, 0.3) is 5.91 Å². The van der Waals surface area contributed by atoms with Gasteiger partial charge < -0.3 is 9.15 Å². The van der Waals surface area contributed by atoms with Crippen molar-refractivity contribution in [2.75, 3.05) is 13.7 Å². The Bertz CT molecular complexity index is 933. The van der Waals surface area contributed by atoms with Gasteiger partial charge in [0, 0.05) is 35.7 Å². The van der Waals surface area contributed by atoms with Crippen LogP contribution in [0.15, 0.2) is 49.1 Å². The van der Waals surface area contributed by atoms with Crippen molar-refractivity contribution in [2.45, 2.75) is 6.92 Å². The molecule has 140 valence electrons. The van der Waals surface area contributed by atoms with Crippen LogP contribution in [0.1, 0.15) is 23.0 Å². The van der Waals surface area contributed by atoms with Crippen LogP contribution in [0, 0.1) is 3.77 Å². The molecule has 2 aromatic rings. The molecule has 0 spiro atoms. The number of hydrogen-bond acceptors (Lipinski definition) is 6. The number of rotatable bonds is 4. The molecule has 3 rings (SSSR count). The number of esters is 1. The van der Waals surface area contributed by atoms with Crippen molar-refractivity contribution in [1.82, 2.24) is 4.90 Å². The number of furan rings is 1. The molecular weight excluding hydrogens is 547 g/mol. The number of benzene rings is 1. The van der Waals surface area contributed by atoms with Crippen LogP contribution >= 0.6 is 50.3 Å². The minimum absolute atomic E-state index is 0.149. The van der Waals surface area contributed by atoms with Crippen LogP contribution in [0.2, 0.25) is 0 Å². The zero-order chi connectivity index (χ0) is 19.6. The highest BCUT2D eigenvalue weighted by molar-refractivity contribution is 14.1. The standard InChI is InChI=1S/C18H14BrIN2O4S/c1-3-25-17(24)10-4-6-11(7-5-10)21-18-22(2)16(23)14(27-18)9-12-8-13(19)15(20)26-12/h4-9H,3H2,1-2H3/b14-9-,21-18?. The quantitative estimate of drug-likeness (QED) is 0.297. The van der Waals surface area contributed by atoms with Crippen LogP contribution in [0.25, 0.3) is 6.08 Å². The van der Waals surface area contributed by atoms with Gasteiger partial charge in [-0.2, -0.15) is 0 Å². The van der Waals surface area contributed by atoms with Gasteiger partial charge in [0.15, 0.2) is 8.93 Å². The molecule has 1 saturated heterocycles. The van der Waals surface area contributed by atoms with E-state index in [0.29, 0.717) is 33.7 Å². The number of amides is 1. The van der Waals surface area contributed by atoms with E-state index in [1.54, 1.807) is 44.3 Å². The predicted molar refractivity (Wildman–Crippen MR) is 117 cm³/mol. The first-order chi connectivity index (χ1) is 12.9. The normalized spacial score (nSPS) is 17.2. The Kier molecular flexibility index (Phi) is 6.43. The Balaban J connectivity index is 1.80. The van der Waals surface area contributed by atoms with Gasteiger partial charge in [-0.3, -0.25) is 9.69 Å². The van der Waals surface area contributed by atoms with Crippen LogP contribution in [-0.4, -0.2) is 35.6 Å². The third kappa shape index (κ3) is 4.64. The molecule has 1 amide bonds. The van der Waals surface area contributed by atoms with Crippen LogP contribution in [-0.2, 0) is 9.53 Å². The second-order valence-corrected chi connectivity index (χ2v) is 8.25. The number of thioether (sulfide) groups is 1. The van der Waals surface area contributed by atoms with E-state index in [1.165, 1.54) is 16.7 Å². The molecule has 1 aliphatic rings. The summed E-state index contributed by atoms with van der Waals surface area (Å²) in [5.74, 6) is 0.0729. The summed E-state index contributed by atoms with van der Waals surface area (Å²) in [6.45, 7) is 2.09. The zero-order valence-electron chi connectivity index (χ0n) is 14.4. The minimum Gasteiger partial charge on any atom is -0.462 e. The van der Waals surface area contributed by atoms with E-state index < -0.39 is 0 Å². The van der Waals surface area contributed by atoms with E-state index in [1.807, 2.05) is 6.07 Å². The van der Waals surface area contributed by atoms with E-state index in [9.17, 15) is 9.59 Å². The number of carbonyl (C=O) groups is 2. The summed E-state index contributed by atoms with van der Waals surface area (Å²) in [5.41, 5.74) is 1.10. The van der Waals surface area contributed by atoms with E-state index in [0.717, 1.165) is 8.24 Å². The molecule has 0 aliphatic carbocycles. The highest BCUT2D eigenvalue weighted by atomic mass is 127. The summed E-state index contributed by atoms with van der Waals surface area (Å²) < 4.78 is 12.1. The molecule has 6 nitrogen and oxygen atoms in total. The molecular formula is C18H14BrIN2O4S. The fraction of sp³-hybridized carbons (Fsp3) is 0.167. The molecule has 0 radical (unpaired) electrons. The van der Waals surface area contributed by atoms with Crippen LogP contribution in [0.3, 0.4) is 0 Å². The van der Waals surface area contributed by atoms with E-state index in [2.05, 4.69) is 43.5 Å². The smallest absolute Gasteiger partial charge is 0.338 e. The fourth-order valence-corrected chi connectivity index (χ4v) is 3.90. The Morgan fingerprint density at radius 2 is 2.11 bits per heavy atom. The van der Waals surface area contributed by atoms with Gasteiger partial charge in [0.05, 0.1) is 27.2 Å². The highest BCUT2D eigenvalue weighted by Gasteiger charge is 2.30. The topological polar surface area (TPSA) is 72.1 Å². The van der Waals surface area contributed by atoms with Gasteiger partial charge in [-0.05, 0) is 64.9 Å². The van der Waals surface area contributed by atoms with Crippen molar-refractivity contribution in [3.8, 4) is 0 Å². The number of carbonyl (C=O) groups excluding carboxylic acids is 2. The summed E-state index contributed by atoms with van der Waals surface area (Å²) in [5, 5.41) is 0.551. The lowest BCUT2D eigenvalue weighted by Gasteiger charge is -2.07. The lowest BCUT2D eigenvalue weighted by molar-refractivity contribution is -0.121. The van der Waals surface area contributed by atoms with Gasteiger partial charge in [-0.1, -0.05) is 0 Å². The number of nitrogens with zero attached hydrogens (tertiary/aromatic N) is 2. The van der Waals surface area contributed by atoms with Crippen molar-refractivity contribution in [3.05, 3.63) is 54.8 Å². The molecule has 9 heteroatoms. The minimum atomic E-state index is -0.372. The summed E-state index contributed by atoms with van der Waals surface area (Å²) >= 11 is 6.72. The number of likely N-dealkylation sites (N-methyl/N-ethyl adjacent to an activating group) is 1. The molecule has 27 heavy (non-hydrogen) atoms. The number of amidine groups is 1. The van der Waals surface area contributed by atoms with E-state index in [-0.39, 0.29) is 11.9 Å². The number of ether oxygens (including phenoxy) is 1. The van der Waals surface area contributed by atoms with Crippen molar-refractivity contribution in [2.24, 2.45) is 4.99 Å². The molecule has 1 aromatic carbocycles. The van der Waals surface area contributed by atoms with E-state index in [4.69, 9.17) is 9.15 Å². The summed E-state index contributed by atoms with van der Waals surface area (Å²) in [6.07, 6.45) is 1.70. The number of halogens is 2. The van der Waals surface area contributed by atoms with Crippen molar-refractivity contribution < 1.29 is 18.7 Å². The maximum atomic E-state index is 12.5. The summed E-state index contributed by atoms with van der Waals surface area (Å²) in [6, 6.07) is 8.54. The molecule has 0 saturated carbocycles. The maximum absolute atomic E-state index is 12.5. The largest absolute Gasteiger partial charge is 0.462 e. The van der Waals surface area contributed by atoms with Crippen molar-refractivity contribution >= 4 is 79.1 Å². The summed E-state index contributed by atoms with van der Waals surface area (Å²) in [7, 11) is 1.67. The van der Waals surface area contributed by atoms with Crippen molar-refractivity contribution in [1.29, 1.82) is 0 Å². The lowest BCUT2D eigenvalue weighted by atomic mass is 10.2. The zero-order valence-corrected chi connectivity index (χ0v) is 18.9. The Morgan fingerprint density at radius 3 is 2.70 bits per heavy atom. The monoisotopic (exact) mass is 560 g/mol. The first-order valence-electron chi connectivity index (χ1n) is 7.87. The lowest BCUT2D eigenvalue weighted by Crippen LogP contribution is -2.23. The van der Waals surface area contributed by atoms with Gasteiger partial charge in [0.2, 0.25) is 0 Å². The number of hydrogen-bond donors (Lipinski definition) is 0. The van der Waals surface area contributed by atoms with Crippen LogP contribution in [0.5, 0.6) is 0 Å². The first kappa shape index (κ1) is 20.2. The molecule has 1 aliphatic heterocycles. The van der Waals surface area contributed by atoms with Gasteiger partial charge in [-0.15, -0.1) is 0 Å². The molecule has 0 unspecified atom stereocenters. The molecule has 1 fully saturated rings. The van der Waals surface area contributed by atoms with E-state index >= 15 is 0 Å². The Morgan fingerprint density at radius 1 is 1.41 bits per heavy atom. The maximum Gasteiger partial charge on any atom is 0.338 e. The van der Waals surface area contributed by atoms with Gasteiger partial charge in [-0.25, -0.2) is 9.79 Å². The van der Waals surface area contributed by atoms with Crippen LogP contribution < -0.4 is 0 Å². The van der Waals surface area contributed by atoms with Crippen LogP contribution in [0.4, 0.5) is 5.69 Å². The molecule has 2 heterocycles. The first-order valence-corrected chi connectivity index (χ1v) is 10.6. The third-order valence-electron chi connectivity index (χ3n) is 3.54. The Hall–Kier alpha value is -1.59. The second kappa shape index (κ2) is 8.61. The summed E-state index contributed by atoms with van der Waals surface area (Å²) in [4.78, 5) is 30.7. The molecule has 1 aromatic heterocycles. The Labute approximate surface area is 182 Å². The number of aliphatic imine (C=N–C) groups is 1.